The van der Waals surface area contributed by atoms with Crippen LogP contribution in [0.4, 0.5) is 13.2 Å². The van der Waals surface area contributed by atoms with Gasteiger partial charge in [-0.05, 0) is 23.9 Å². The maximum absolute atomic E-state index is 12.4. The highest BCUT2D eigenvalue weighted by atomic mass is 32.2. The lowest BCUT2D eigenvalue weighted by Gasteiger charge is -2.06. The molecule has 0 aliphatic carbocycles. The molecule has 0 aliphatic heterocycles. The van der Waals surface area contributed by atoms with E-state index in [1.807, 2.05) is 0 Å². The number of thioether (sulfide) groups is 1. The second kappa shape index (κ2) is 4.96. The molecule has 0 saturated heterocycles. The van der Waals surface area contributed by atoms with Gasteiger partial charge in [-0.1, -0.05) is 12.1 Å². The van der Waals surface area contributed by atoms with Crippen molar-refractivity contribution in [2.45, 2.75) is 10.4 Å². The third kappa shape index (κ3) is 2.94. The first-order valence-corrected chi connectivity index (χ1v) is 6.64. The summed E-state index contributed by atoms with van der Waals surface area (Å²) < 4.78 is 38.4. The van der Waals surface area contributed by atoms with Gasteiger partial charge in [0, 0.05) is 28.8 Å². The van der Waals surface area contributed by atoms with E-state index in [9.17, 15) is 18.3 Å². The maximum Gasteiger partial charge on any atom is 0.446 e. The van der Waals surface area contributed by atoms with Crippen LogP contribution in [0.5, 0.6) is 5.88 Å². The van der Waals surface area contributed by atoms with E-state index >= 15 is 0 Å². The number of halogens is 3. The van der Waals surface area contributed by atoms with Crippen molar-refractivity contribution in [3.05, 3.63) is 42.6 Å². The molecular formula is C13H8F3N3OS. The Balaban J connectivity index is 2.02. The van der Waals surface area contributed by atoms with Gasteiger partial charge in [-0.15, -0.1) is 0 Å². The summed E-state index contributed by atoms with van der Waals surface area (Å²) in [6.07, 6.45) is 1.42. The average molecular weight is 311 g/mol. The van der Waals surface area contributed by atoms with Crippen molar-refractivity contribution < 1.29 is 18.3 Å². The van der Waals surface area contributed by atoms with Gasteiger partial charge in [0.1, 0.15) is 0 Å². The van der Waals surface area contributed by atoms with Crippen LogP contribution in [0, 0.1) is 0 Å². The summed E-state index contributed by atoms with van der Waals surface area (Å²) in [4.78, 5) is 4.10. The van der Waals surface area contributed by atoms with Crippen LogP contribution in [0.2, 0.25) is 0 Å². The molecule has 108 valence electrons. The fraction of sp³-hybridized carbons (Fsp3) is 0.0769. The lowest BCUT2D eigenvalue weighted by Crippen LogP contribution is -1.98. The topological polar surface area (TPSA) is 50.4 Å². The SMILES string of the molecule is Oc1ccnc2cc(-c3cccc(SC(F)(F)F)c3)nn12. The van der Waals surface area contributed by atoms with Crippen LogP contribution in [0.25, 0.3) is 16.9 Å². The zero-order valence-electron chi connectivity index (χ0n) is 10.4. The Hall–Kier alpha value is -2.22. The predicted molar refractivity (Wildman–Crippen MR) is 72.0 cm³/mol. The van der Waals surface area contributed by atoms with Gasteiger partial charge >= 0.3 is 5.51 Å². The van der Waals surface area contributed by atoms with Crippen LogP contribution in [-0.4, -0.2) is 25.2 Å². The summed E-state index contributed by atoms with van der Waals surface area (Å²) >= 11 is -0.180. The summed E-state index contributed by atoms with van der Waals surface area (Å²) in [5.41, 5.74) is -2.96. The van der Waals surface area contributed by atoms with Crippen molar-refractivity contribution in [1.29, 1.82) is 0 Å². The minimum atomic E-state index is -4.34. The Morgan fingerprint density at radius 2 is 1.95 bits per heavy atom. The van der Waals surface area contributed by atoms with Gasteiger partial charge in [-0.2, -0.15) is 22.8 Å². The van der Waals surface area contributed by atoms with E-state index in [1.54, 1.807) is 12.1 Å². The second-order valence-corrected chi connectivity index (χ2v) is 5.32. The molecule has 0 bridgehead atoms. The van der Waals surface area contributed by atoms with E-state index in [1.165, 1.54) is 35.0 Å². The van der Waals surface area contributed by atoms with Crippen LogP contribution >= 0.6 is 11.8 Å². The summed E-state index contributed by atoms with van der Waals surface area (Å²) in [6, 6.07) is 8.93. The van der Waals surface area contributed by atoms with Crippen LogP contribution < -0.4 is 0 Å². The Morgan fingerprint density at radius 3 is 2.67 bits per heavy atom. The van der Waals surface area contributed by atoms with Crippen molar-refractivity contribution in [3.8, 4) is 17.1 Å². The number of hydrogen-bond donors (Lipinski definition) is 1. The summed E-state index contributed by atoms with van der Waals surface area (Å²) in [6.45, 7) is 0. The first-order valence-electron chi connectivity index (χ1n) is 5.82. The summed E-state index contributed by atoms with van der Waals surface area (Å²) in [5.74, 6) is -0.0907. The largest absolute Gasteiger partial charge is 0.493 e. The molecule has 8 heteroatoms. The molecule has 2 heterocycles. The van der Waals surface area contributed by atoms with E-state index < -0.39 is 5.51 Å². The van der Waals surface area contributed by atoms with E-state index in [2.05, 4.69) is 10.1 Å². The smallest absolute Gasteiger partial charge is 0.446 e. The Morgan fingerprint density at radius 1 is 1.14 bits per heavy atom. The predicted octanol–water partition coefficient (Wildman–Crippen LogP) is 3.71. The molecule has 0 amide bonds. The van der Waals surface area contributed by atoms with E-state index in [0.717, 1.165) is 0 Å². The highest BCUT2D eigenvalue weighted by molar-refractivity contribution is 8.00. The first kappa shape index (κ1) is 13.7. The van der Waals surface area contributed by atoms with Gasteiger partial charge in [-0.3, -0.25) is 0 Å². The molecule has 0 fully saturated rings. The van der Waals surface area contributed by atoms with Crippen LogP contribution in [0.3, 0.4) is 0 Å². The maximum atomic E-state index is 12.4. The zero-order valence-corrected chi connectivity index (χ0v) is 11.2. The van der Waals surface area contributed by atoms with Crippen molar-refractivity contribution in [2.24, 2.45) is 0 Å². The Kier molecular flexibility index (Phi) is 3.25. The van der Waals surface area contributed by atoms with Crippen molar-refractivity contribution in [2.75, 3.05) is 0 Å². The van der Waals surface area contributed by atoms with Gasteiger partial charge in [-0.25, -0.2) is 4.98 Å². The number of aromatic hydroxyl groups is 1. The van der Waals surface area contributed by atoms with E-state index in [-0.39, 0.29) is 22.5 Å². The molecule has 1 aromatic carbocycles. The lowest BCUT2D eigenvalue weighted by molar-refractivity contribution is -0.0328. The average Bonchev–Trinajstić information content (AvgIpc) is 2.82. The zero-order chi connectivity index (χ0) is 15.0. The molecule has 2 aromatic heterocycles. The third-order valence-corrected chi connectivity index (χ3v) is 3.42. The number of nitrogens with zero attached hydrogens (tertiary/aromatic N) is 3. The quantitative estimate of drug-likeness (QED) is 0.733. The lowest BCUT2D eigenvalue weighted by atomic mass is 10.1. The molecule has 3 aromatic rings. The third-order valence-electron chi connectivity index (χ3n) is 2.70. The fourth-order valence-corrected chi connectivity index (χ4v) is 2.48. The van der Waals surface area contributed by atoms with Crippen molar-refractivity contribution in [3.63, 3.8) is 0 Å². The van der Waals surface area contributed by atoms with Crippen LogP contribution in [0.1, 0.15) is 0 Å². The molecule has 1 N–H and O–H groups in total. The Labute approximate surface area is 121 Å². The summed E-state index contributed by atoms with van der Waals surface area (Å²) in [5, 5.41) is 13.8. The van der Waals surface area contributed by atoms with E-state index in [4.69, 9.17) is 0 Å². The highest BCUT2D eigenvalue weighted by Gasteiger charge is 2.29. The monoisotopic (exact) mass is 311 g/mol. The van der Waals surface area contributed by atoms with Crippen LogP contribution in [0.15, 0.2) is 47.5 Å². The molecule has 0 aliphatic rings. The molecule has 0 spiro atoms. The number of benzene rings is 1. The van der Waals surface area contributed by atoms with Gasteiger partial charge in [0.05, 0.1) is 5.69 Å². The highest BCUT2D eigenvalue weighted by Crippen LogP contribution is 2.38. The molecule has 0 unspecified atom stereocenters. The van der Waals surface area contributed by atoms with Crippen molar-refractivity contribution >= 4 is 17.4 Å². The van der Waals surface area contributed by atoms with Gasteiger partial charge < -0.3 is 5.11 Å². The Bertz CT molecular complexity index is 801. The molecule has 4 nitrogen and oxygen atoms in total. The molecule has 3 rings (SSSR count). The number of rotatable bonds is 2. The number of fused-ring (bicyclic) bond motifs is 1. The number of hydrogen-bond acceptors (Lipinski definition) is 4. The normalized spacial score (nSPS) is 12.0. The molecule has 21 heavy (non-hydrogen) atoms. The molecule has 0 saturated carbocycles. The molecule has 0 atom stereocenters. The number of alkyl halides is 3. The minimum Gasteiger partial charge on any atom is -0.493 e. The van der Waals surface area contributed by atoms with Gasteiger partial charge in [0.25, 0.3) is 0 Å². The van der Waals surface area contributed by atoms with Crippen molar-refractivity contribution in [1.82, 2.24) is 14.6 Å². The molecular weight excluding hydrogens is 303 g/mol. The van der Waals surface area contributed by atoms with E-state index in [0.29, 0.717) is 16.9 Å². The first-order chi connectivity index (χ1) is 9.92. The number of aromatic nitrogens is 3. The fourth-order valence-electron chi connectivity index (χ4n) is 1.88. The second-order valence-electron chi connectivity index (χ2n) is 4.18. The molecule has 0 radical (unpaired) electrons. The summed E-state index contributed by atoms with van der Waals surface area (Å²) in [7, 11) is 0. The van der Waals surface area contributed by atoms with Gasteiger partial charge in [0.15, 0.2) is 5.65 Å². The standard InChI is InChI=1S/C13H8F3N3OS/c14-13(15,16)21-9-3-1-2-8(6-9)10-7-11-17-5-4-12(20)19(11)18-10/h1-7,20H. The minimum absolute atomic E-state index is 0.0780. The van der Waals surface area contributed by atoms with Gasteiger partial charge in [0.2, 0.25) is 5.88 Å². The van der Waals surface area contributed by atoms with Crippen LogP contribution in [-0.2, 0) is 0 Å².